The first-order valence-electron chi connectivity index (χ1n) is 8.10. The predicted octanol–water partition coefficient (Wildman–Crippen LogP) is 3.46. The zero-order valence-corrected chi connectivity index (χ0v) is 14.9. The third kappa shape index (κ3) is 4.16. The van der Waals surface area contributed by atoms with E-state index < -0.39 is 10.0 Å². The van der Waals surface area contributed by atoms with Gasteiger partial charge < -0.3 is 0 Å². The molecular formula is C18H21ClN2O2S. The highest BCUT2D eigenvalue weighted by Gasteiger charge is 2.25. The lowest BCUT2D eigenvalue weighted by molar-refractivity contribution is 0.246. The normalized spacial score (nSPS) is 17.0. The lowest BCUT2D eigenvalue weighted by atomic mass is 10.1. The summed E-state index contributed by atoms with van der Waals surface area (Å²) in [7, 11) is -3.58. The van der Waals surface area contributed by atoms with Crippen molar-refractivity contribution in [2.24, 2.45) is 0 Å². The Balaban J connectivity index is 1.78. The zero-order chi connectivity index (χ0) is 17.0. The summed E-state index contributed by atoms with van der Waals surface area (Å²) >= 11 is 5.91. The van der Waals surface area contributed by atoms with Gasteiger partial charge in [-0.2, -0.15) is 0 Å². The topological polar surface area (TPSA) is 49.4 Å². The first kappa shape index (κ1) is 17.4. The lowest BCUT2D eigenvalue weighted by Gasteiger charge is -2.28. The van der Waals surface area contributed by atoms with Crippen molar-refractivity contribution in [1.29, 1.82) is 0 Å². The van der Waals surface area contributed by atoms with Crippen LogP contribution in [0.2, 0.25) is 5.02 Å². The fourth-order valence-electron chi connectivity index (χ4n) is 3.09. The van der Waals surface area contributed by atoms with Gasteiger partial charge in [-0.3, -0.25) is 4.90 Å². The molecule has 0 aromatic heterocycles. The maximum Gasteiger partial charge on any atom is 0.240 e. The van der Waals surface area contributed by atoms with E-state index in [0.717, 1.165) is 31.5 Å². The third-order valence-electron chi connectivity index (χ3n) is 4.34. The summed E-state index contributed by atoms with van der Waals surface area (Å²) in [6.45, 7) is 2.34. The molecule has 0 radical (unpaired) electrons. The van der Waals surface area contributed by atoms with E-state index in [2.05, 4.69) is 21.8 Å². The van der Waals surface area contributed by atoms with Crippen LogP contribution >= 0.6 is 11.6 Å². The molecule has 2 aromatic carbocycles. The Bertz CT molecular complexity index is 775. The third-order valence-corrected chi connectivity index (χ3v) is 6.00. The molecule has 1 aliphatic heterocycles. The minimum atomic E-state index is -3.58. The Morgan fingerprint density at radius 2 is 1.75 bits per heavy atom. The van der Waals surface area contributed by atoms with Crippen molar-refractivity contribution >= 4 is 21.6 Å². The number of likely N-dealkylation sites (tertiary alicyclic amines) is 1. The highest BCUT2D eigenvalue weighted by atomic mass is 35.5. The van der Waals surface area contributed by atoms with Gasteiger partial charge in [0.05, 0.1) is 4.90 Å². The van der Waals surface area contributed by atoms with Gasteiger partial charge >= 0.3 is 0 Å². The second-order valence-electron chi connectivity index (χ2n) is 5.98. The highest BCUT2D eigenvalue weighted by Crippen LogP contribution is 2.25. The van der Waals surface area contributed by atoms with E-state index in [0.29, 0.717) is 11.6 Å². The van der Waals surface area contributed by atoms with Gasteiger partial charge in [-0.1, -0.05) is 48.0 Å². The molecular weight excluding hydrogens is 344 g/mol. The van der Waals surface area contributed by atoms with Crippen LogP contribution in [0.15, 0.2) is 59.5 Å². The maximum atomic E-state index is 12.5. The van der Waals surface area contributed by atoms with Crippen LogP contribution in [0.25, 0.3) is 0 Å². The molecule has 24 heavy (non-hydrogen) atoms. The van der Waals surface area contributed by atoms with Crippen LogP contribution in [-0.4, -0.2) is 33.0 Å². The van der Waals surface area contributed by atoms with Crippen LogP contribution in [0, 0.1) is 0 Å². The minimum absolute atomic E-state index is 0.0441. The Kier molecular flexibility index (Phi) is 5.56. The molecule has 0 aliphatic carbocycles. The first-order valence-corrected chi connectivity index (χ1v) is 9.96. The Labute approximate surface area is 148 Å². The number of hydrogen-bond donors (Lipinski definition) is 1. The van der Waals surface area contributed by atoms with Gasteiger partial charge in [-0.25, -0.2) is 13.1 Å². The van der Waals surface area contributed by atoms with Crippen molar-refractivity contribution in [2.75, 3.05) is 19.6 Å². The fraction of sp³-hybridized carbons (Fsp3) is 0.333. The number of hydrogen-bond acceptors (Lipinski definition) is 3. The quantitative estimate of drug-likeness (QED) is 0.854. The second kappa shape index (κ2) is 7.66. The molecule has 0 saturated carbocycles. The van der Waals surface area contributed by atoms with Gasteiger partial charge in [-0.15, -0.1) is 0 Å². The van der Waals surface area contributed by atoms with E-state index in [1.807, 2.05) is 18.2 Å². The average molecular weight is 365 g/mol. The van der Waals surface area contributed by atoms with Crippen LogP contribution in [0.3, 0.4) is 0 Å². The highest BCUT2D eigenvalue weighted by molar-refractivity contribution is 7.89. The van der Waals surface area contributed by atoms with Crippen LogP contribution in [0.5, 0.6) is 0 Å². The number of halogens is 1. The number of sulfonamides is 1. The molecule has 0 spiro atoms. The Morgan fingerprint density at radius 1 is 1.04 bits per heavy atom. The largest absolute Gasteiger partial charge is 0.295 e. The van der Waals surface area contributed by atoms with Gasteiger partial charge in [0.25, 0.3) is 0 Å². The van der Waals surface area contributed by atoms with Gasteiger partial charge in [0.2, 0.25) is 10.0 Å². The summed E-state index contributed by atoms with van der Waals surface area (Å²) in [6.07, 6.45) is 2.31. The molecule has 1 fully saturated rings. The second-order valence-corrected chi connectivity index (χ2v) is 8.18. The van der Waals surface area contributed by atoms with Crippen molar-refractivity contribution < 1.29 is 8.42 Å². The van der Waals surface area contributed by atoms with Gasteiger partial charge in [-0.05, 0) is 49.7 Å². The number of benzene rings is 2. The van der Waals surface area contributed by atoms with Crippen molar-refractivity contribution in [3.05, 3.63) is 65.2 Å². The van der Waals surface area contributed by atoms with Crippen molar-refractivity contribution in [1.82, 2.24) is 9.62 Å². The lowest BCUT2D eigenvalue weighted by Crippen LogP contribution is -2.36. The number of rotatable bonds is 6. The van der Waals surface area contributed by atoms with Crippen molar-refractivity contribution in [2.45, 2.75) is 23.8 Å². The molecule has 0 amide bonds. The van der Waals surface area contributed by atoms with Crippen molar-refractivity contribution in [3.8, 4) is 0 Å². The molecule has 3 rings (SSSR count). The minimum Gasteiger partial charge on any atom is -0.295 e. The number of nitrogens with zero attached hydrogens (tertiary/aromatic N) is 1. The number of nitrogens with one attached hydrogen (secondary N) is 1. The van der Waals surface area contributed by atoms with E-state index in [1.54, 1.807) is 18.2 Å². The molecule has 1 heterocycles. The van der Waals surface area contributed by atoms with Crippen LogP contribution in [0.1, 0.15) is 24.4 Å². The van der Waals surface area contributed by atoms with E-state index in [1.165, 1.54) is 6.07 Å². The van der Waals surface area contributed by atoms with E-state index in [-0.39, 0.29) is 10.9 Å². The van der Waals surface area contributed by atoms with Gasteiger partial charge in [0.1, 0.15) is 0 Å². The van der Waals surface area contributed by atoms with Gasteiger partial charge in [0.15, 0.2) is 0 Å². The standard InChI is InChI=1S/C18H21ClN2O2S/c19-16-9-6-10-17(13-16)24(22,23)20-14-18(21-11-4-5-12-21)15-7-2-1-3-8-15/h1-3,6-10,13,18,20H,4-5,11-12,14H2. The molecule has 1 unspecified atom stereocenters. The smallest absolute Gasteiger partial charge is 0.240 e. The van der Waals surface area contributed by atoms with Crippen LogP contribution in [0.4, 0.5) is 0 Å². The van der Waals surface area contributed by atoms with E-state index in [4.69, 9.17) is 11.6 Å². The molecule has 1 aliphatic rings. The molecule has 1 atom stereocenters. The van der Waals surface area contributed by atoms with E-state index >= 15 is 0 Å². The molecule has 1 N–H and O–H groups in total. The molecule has 1 saturated heterocycles. The summed E-state index contributed by atoms with van der Waals surface area (Å²) in [5.74, 6) is 0. The van der Waals surface area contributed by atoms with E-state index in [9.17, 15) is 8.42 Å². The summed E-state index contributed by atoms with van der Waals surface area (Å²) in [6, 6.07) is 16.4. The molecule has 4 nitrogen and oxygen atoms in total. The zero-order valence-electron chi connectivity index (χ0n) is 13.4. The SMILES string of the molecule is O=S(=O)(NCC(c1ccccc1)N1CCCC1)c1cccc(Cl)c1. The predicted molar refractivity (Wildman–Crippen MR) is 96.6 cm³/mol. The summed E-state index contributed by atoms with van der Waals surface area (Å²) in [5, 5.41) is 0.414. The molecule has 128 valence electrons. The first-order chi connectivity index (χ1) is 11.6. The Morgan fingerprint density at radius 3 is 2.42 bits per heavy atom. The molecule has 0 bridgehead atoms. The van der Waals surface area contributed by atoms with Crippen LogP contribution < -0.4 is 4.72 Å². The fourth-order valence-corrected chi connectivity index (χ4v) is 4.43. The summed E-state index contributed by atoms with van der Waals surface area (Å²) in [5.41, 5.74) is 1.13. The van der Waals surface area contributed by atoms with Crippen LogP contribution in [-0.2, 0) is 10.0 Å². The molecule has 6 heteroatoms. The van der Waals surface area contributed by atoms with Crippen molar-refractivity contribution in [3.63, 3.8) is 0 Å². The molecule has 2 aromatic rings. The summed E-state index contributed by atoms with van der Waals surface area (Å²) < 4.78 is 27.8. The van der Waals surface area contributed by atoms with Gasteiger partial charge in [0, 0.05) is 17.6 Å². The maximum absolute atomic E-state index is 12.5. The Hall–Kier alpha value is -1.40. The summed E-state index contributed by atoms with van der Waals surface area (Å²) in [4.78, 5) is 2.54. The monoisotopic (exact) mass is 364 g/mol. The average Bonchev–Trinajstić information content (AvgIpc) is 3.10.